The summed E-state index contributed by atoms with van der Waals surface area (Å²) in [6, 6.07) is 16.6. The highest BCUT2D eigenvalue weighted by Crippen LogP contribution is 2.23. The van der Waals surface area contributed by atoms with Crippen LogP contribution in [-0.2, 0) is 6.42 Å². The van der Waals surface area contributed by atoms with E-state index < -0.39 is 6.10 Å². The summed E-state index contributed by atoms with van der Waals surface area (Å²) < 4.78 is 0. The number of benzene rings is 2. The van der Waals surface area contributed by atoms with E-state index in [-0.39, 0.29) is 0 Å². The summed E-state index contributed by atoms with van der Waals surface area (Å²) in [5.74, 6) is 0.542. The van der Waals surface area contributed by atoms with Gasteiger partial charge in [0.15, 0.2) is 0 Å². The molecule has 0 radical (unpaired) electrons. The van der Waals surface area contributed by atoms with Crippen LogP contribution >= 0.6 is 0 Å². The minimum Gasteiger partial charge on any atom is -0.388 e. The van der Waals surface area contributed by atoms with Crippen LogP contribution in [0.5, 0.6) is 0 Å². The van der Waals surface area contributed by atoms with E-state index in [4.69, 9.17) is 0 Å². The van der Waals surface area contributed by atoms with Crippen molar-refractivity contribution >= 4 is 5.69 Å². The van der Waals surface area contributed by atoms with Crippen molar-refractivity contribution in [3.8, 4) is 0 Å². The third-order valence-corrected chi connectivity index (χ3v) is 3.85. The van der Waals surface area contributed by atoms with Crippen molar-refractivity contribution in [2.45, 2.75) is 32.3 Å². The second kappa shape index (κ2) is 6.77. The molecule has 0 aliphatic heterocycles. The van der Waals surface area contributed by atoms with Crippen molar-refractivity contribution < 1.29 is 5.11 Å². The summed E-state index contributed by atoms with van der Waals surface area (Å²) in [6.07, 6.45) is 0.185. The summed E-state index contributed by atoms with van der Waals surface area (Å²) in [6.45, 7) is 4.38. The first-order valence-electron chi connectivity index (χ1n) is 7.51. The molecule has 0 spiro atoms. The Kier molecular flexibility index (Phi) is 5.03. The van der Waals surface area contributed by atoms with Crippen LogP contribution in [0.1, 0.15) is 42.6 Å². The molecule has 1 unspecified atom stereocenters. The van der Waals surface area contributed by atoms with Gasteiger partial charge in [-0.25, -0.2) is 0 Å². The van der Waals surface area contributed by atoms with Crippen molar-refractivity contribution in [3.63, 3.8) is 0 Å². The van der Waals surface area contributed by atoms with Crippen molar-refractivity contribution in [2.75, 3.05) is 19.0 Å². The van der Waals surface area contributed by atoms with Crippen LogP contribution in [0.25, 0.3) is 0 Å². The van der Waals surface area contributed by atoms with E-state index >= 15 is 0 Å². The maximum absolute atomic E-state index is 10.4. The van der Waals surface area contributed by atoms with Crippen LogP contribution in [0.15, 0.2) is 48.5 Å². The SMILES string of the molecule is CC(C)c1ccc(CC(O)c2cccc(N(C)C)c2)cc1. The molecule has 2 aromatic rings. The topological polar surface area (TPSA) is 23.5 Å². The highest BCUT2D eigenvalue weighted by Gasteiger charge is 2.10. The average Bonchev–Trinajstić information content (AvgIpc) is 2.48. The Balaban J connectivity index is 2.10. The monoisotopic (exact) mass is 283 g/mol. The largest absolute Gasteiger partial charge is 0.388 e. The molecule has 0 fully saturated rings. The van der Waals surface area contributed by atoms with Crippen LogP contribution in [0.3, 0.4) is 0 Å². The van der Waals surface area contributed by atoms with E-state index in [2.05, 4.69) is 38.1 Å². The number of hydrogen-bond donors (Lipinski definition) is 1. The highest BCUT2D eigenvalue weighted by molar-refractivity contribution is 5.47. The molecule has 0 saturated heterocycles. The first-order valence-corrected chi connectivity index (χ1v) is 7.51. The lowest BCUT2D eigenvalue weighted by Gasteiger charge is -2.17. The molecule has 2 heteroatoms. The van der Waals surface area contributed by atoms with E-state index in [9.17, 15) is 5.11 Å². The van der Waals surface area contributed by atoms with E-state index in [0.29, 0.717) is 12.3 Å². The first-order chi connectivity index (χ1) is 9.97. The average molecular weight is 283 g/mol. The van der Waals surface area contributed by atoms with E-state index in [1.807, 2.05) is 43.3 Å². The van der Waals surface area contributed by atoms with Crippen LogP contribution in [0.2, 0.25) is 0 Å². The van der Waals surface area contributed by atoms with Gasteiger partial charge in [0.2, 0.25) is 0 Å². The lowest BCUT2D eigenvalue weighted by Crippen LogP contribution is -2.10. The van der Waals surface area contributed by atoms with Gasteiger partial charge in [0.1, 0.15) is 0 Å². The molecule has 0 heterocycles. The molecule has 21 heavy (non-hydrogen) atoms. The molecule has 0 aromatic heterocycles. The fourth-order valence-corrected chi connectivity index (χ4v) is 2.39. The lowest BCUT2D eigenvalue weighted by molar-refractivity contribution is 0.178. The number of hydrogen-bond acceptors (Lipinski definition) is 2. The summed E-state index contributed by atoms with van der Waals surface area (Å²) in [7, 11) is 4.02. The number of aliphatic hydroxyl groups is 1. The summed E-state index contributed by atoms with van der Waals surface area (Å²) in [4.78, 5) is 2.05. The predicted molar refractivity (Wildman–Crippen MR) is 90.0 cm³/mol. The molecule has 112 valence electrons. The van der Waals surface area contributed by atoms with E-state index in [1.165, 1.54) is 11.1 Å². The second-order valence-corrected chi connectivity index (χ2v) is 6.11. The number of rotatable bonds is 5. The fraction of sp³-hybridized carbons (Fsp3) is 0.368. The number of anilines is 1. The van der Waals surface area contributed by atoms with Crippen LogP contribution in [0.4, 0.5) is 5.69 Å². The standard InChI is InChI=1S/C19H25NO/c1-14(2)16-10-8-15(9-11-16)12-19(21)17-6-5-7-18(13-17)20(3)4/h5-11,13-14,19,21H,12H2,1-4H3. The minimum absolute atomic E-state index is 0.463. The maximum Gasteiger partial charge on any atom is 0.0831 e. The molecule has 2 rings (SSSR count). The van der Waals surface area contributed by atoms with Gasteiger partial charge in [-0.05, 0) is 34.7 Å². The van der Waals surface area contributed by atoms with E-state index in [0.717, 1.165) is 11.3 Å². The Morgan fingerprint density at radius 3 is 2.19 bits per heavy atom. The molecular weight excluding hydrogens is 258 g/mol. The van der Waals surface area contributed by atoms with Gasteiger partial charge in [0, 0.05) is 26.2 Å². The third kappa shape index (κ3) is 4.08. The van der Waals surface area contributed by atoms with E-state index in [1.54, 1.807) is 0 Å². The van der Waals surface area contributed by atoms with Gasteiger partial charge in [0.25, 0.3) is 0 Å². The van der Waals surface area contributed by atoms with Crippen LogP contribution in [0, 0.1) is 0 Å². The highest BCUT2D eigenvalue weighted by atomic mass is 16.3. The summed E-state index contributed by atoms with van der Waals surface area (Å²) >= 11 is 0. The molecule has 1 atom stereocenters. The first kappa shape index (κ1) is 15.6. The molecular formula is C19H25NO. The van der Waals surface area contributed by atoms with Crippen molar-refractivity contribution in [1.29, 1.82) is 0 Å². The van der Waals surface area contributed by atoms with Crippen LogP contribution < -0.4 is 4.90 Å². The Bertz CT molecular complexity index is 572. The van der Waals surface area contributed by atoms with Gasteiger partial charge in [0.05, 0.1) is 6.10 Å². The minimum atomic E-state index is -0.463. The Morgan fingerprint density at radius 2 is 1.62 bits per heavy atom. The lowest BCUT2D eigenvalue weighted by atomic mass is 9.97. The Morgan fingerprint density at radius 1 is 0.952 bits per heavy atom. The Hall–Kier alpha value is -1.80. The number of aliphatic hydroxyl groups excluding tert-OH is 1. The normalized spacial score (nSPS) is 12.5. The Labute approximate surface area is 128 Å². The molecule has 0 aliphatic carbocycles. The molecule has 0 amide bonds. The maximum atomic E-state index is 10.4. The molecule has 0 saturated carbocycles. The zero-order valence-corrected chi connectivity index (χ0v) is 13.4. The fourth-order valence-electron chi connectivity index (χ4n) is 2.39. The van der Waals surface area contributed by atoms with Crippen molar-refractivity contribution in [1.82, 2.24) is 0 Å². The quantitative estimate of drug-likeness (QED) is 0.891. The molecule has 2 aromatic carbocycles. The smallest absolute Gasteiger partial charge is 0.0831 e. The van der Waals surface area contributed by atoms with Gasteiger partial charge in [-0.1, -0.05) is 50.2 Å². The van der Waals surface area contributed by atoms with Gasteiger partial charge in [-0.15, -0.1) is 0 Å². The predicted octanol–water partition coefficient (Wildman–Crippen LogP) is 4.15. The van der Waals surface area contributed by atoms with Crippen molar-refractivity contribution in [2.24, 2.45) is 0 Å². The zero-order valence-electron chi connectivity index (χ0n) is 13.4. The van der Waals surface area contributed by atoms with Gasteiger partial charge in [-0.2, -0.15) is 0 Å². The number of nitrogens with zero attached hydrogens (tertiary/aromatic N) is 1. The van der Waals surface area contributed by atoms with Gasteiger partial charge >= 0.3 is 0 Å². The van der Waals surface area contributed by atoms with Gasteiger partial charge in [-0.3, -0.25) is 0 Å². The van der Waals surface area contributed by atoms with Gasteiger partial charge < -0.3 is 10.0 Å². The molecule has 0 aliphatic rings. The molecule has 2 nitrogen and oxygen atoms in total. The second-order valence-electron chi connectivity index (χ2n) is 6.11. The van der Waals surface area contributed by atoms with Crippen LogP contribution in [-0.4, -0.2) is 19.2 Å². The zero-order chi connectivity index (χ0) is 15.4. The third-order valence-electron chi connectivity index (χ3n) is 3.85. The molecule has 1 N–H and O–H groups in total. The summed E-state index contributed by atoms with van der Waals surface area (Å²) in [5, 5.41) is 10.4. The van der Waals surface area contributed by atoms with Crippen molar-refractivity contribution in [3.05, 3.63) is 65.2 Å². The summed E-state index contributed by atoms with van der Waals surface area (Å²) in [5.41, 5.74) is 4.58. The molecule has 0 bridgehead atoms.